The molecule has 0 N–H and O–H groups in total. The summed E-state index contributed by atoms with van der Waals surface area (Å²) < 4.78 is 11.1. The maximum absolute atomic E-state index is 12.9. The third-order valence-electron chi connectivity index (χ3n) is 5.36. The van der Waals surface area contributed by atoms with E-state index in [1.807, 2.05) is 11.0 Å². The van der Waals surface area contributed by atoms with Crippen molar-refractivity contribution in [3.8, 4) is 11.5 Å². The molecule has 1 amide bonds. The Morgan fingerprint density at radius 1 is 1.26 bits per heavy atom. The molecule has 0 spiro atoms. The number of methoxy groups -OCH3 is 2. The fraction of sp³-hybridized carbons (Fsp3) is 0.556. The quantitative estimate of drug-likeness (QED) is 0.842. The highest BCUT2D eigenvalue weighted by molar-refractivity contribution is 6.07. The number of carbonyl (C=O) groups excluding carboxylic acids is 1. The van der Waals surface area contributed by atoms with Crippen molar-refractivity contribution < 1.29 is 14.3 Å². The number of ether oxygens (including phenoxy) is 2. The zero-order valence-corrected chi connectivity index (χ0v) is 13.7. The maximum atomic E-state index is 12.9. The molecule has 0 aromatic heterocycles. The zero-order valence-electron chi connectivity index (χ0n) is 13.7. The predicted octanol–water partition coefficient (Wildman–Crippen LogP) is 2.38. The van der Waals surface area contributed by atoms with Crippen LogP contribution in [0.4, 0.5) is 0 Å². The first kappa shape index (κ1) is 14.5. The Labute approximate surface area is 136 Å². The third kappa shape index (κ3) is 2.13. The van der Waals surface area contributed by atoms with E-state index < -0.39 is 0 Å². The van der Waals surface area contributed by atoms with Crippen LogP contribution < -0.4 is 9.47 Å². The molecule has 1 aromatic rings. The molecule has 122 valence electrons. The van der Waals surface area contributed by atoms with Crippen LogP contribution in [0.3, 0.4) is 0 Å². The van der Waals surface area contributed by atoms with Crippen LogP contribution in [0.5, 0.6) is 11.5 Å². The molecule has 23 heavy (non-hydrogen) atoms. The topological polar surface area (TPSA) is 51.1 Å². The lowest BCUT2D eigenvalue weighted by atomic mass is 9.79. The normalized spacial score (nSPS) is 25.9. The number of carbonyl (C=O) groups is 1. The maximum Gasteiger partial charge on any atom is 0.231 e. The van der Waals surface area contributed by atoms with Crippen molar-refractivity contribution in [2.24, 2.45) is 10.9 Å². The van der Waals surface area contributed by atoms with E-state index in [1.165, 1.54) is 5.56 Å². The number of aliphatic imine (C=N–C) groups is 1. The summed E-state index contributed by atoms with van der Waals surface area (Å²) in [5.41, 5.74) is 3.45. The molecule has 4 rings (SSSR count). The average molecular weight is 314 g/mol. The van der Waals surface area contributed by atoms with Gasteiger partial charge in [-0.1, -0.05) is 6.07 Å². The van der Waals surface area contributed by atoms with Crippen LogP contribution in [-0.4, -0.2) is 43.8 Å². The van der Waals surface area contributed by atoms with E-state index in [-0.39, 0.29) is 17.9 Å². The number of amides is 1. The SMILES string of the molecule is COc1ccc2c(c1OC)C1CC3=NCCCC3C(=O)N1CC2. The van der Waals surface area contributed by atoms with Gasteiger partial charge in [0.25, 0.3) is 0 Å². The smallest absolute Gasteiger partial charge is 0.231 e. The van der Waals surface area contributed by atoms with Gasteiger partial charge in [0, 0.05) is 30.8 Å². The molecular formula is C18H22N2O3. The summed E-state index contributed by atoms with van der Waals surface area (Å²) in [4.78, 5) is 19.6. The van der Waals surface area contributed by atoms with Gasteiger partial charge < -0.3 is 14.4 Å². The van der Waals surface area contributed by atoms with Crippen molar-refractivity contribution >= 4 is 11.6 Å². The van der Waals surface area contributed by atoms with E-state index in [4.69, 9.17) is 9.47 Å². The van der Waals surface area contributed by atoms with E-state index >= 15 is 0 Å². The number of hydrogen-bond acceptors (Lipinski definition) is 4. The van der Waals surface area contributed by atoms with Crippen molar-refractivity contribution in [1.82, 2.24) is 4.90 Å². The molecule has 3 aliphatic rings. The summed E-state index contributed by atoms with van der Waals surface area (Å²) in [5.74, 6) is 1.75. The molecule has 0 aliphatic carbocycles. The minimum absolute atomic E-state index is 0.0122. The van der Waals surface area contributed by atoms with Gasteiger partial charge in [-0.2, -0.15) is 0 Å². The molecular weight excluding hydrogens is 292 g/mol. The van der Waals surface area contributed by atoms with Crippen LogP contribution in [-0.2, 0) is 11.2 Å². The van der Waals surface area contributed by atoms with Crippen molar-refractivity contribution in [2.45, 2.75) is 31.7 Å². The average Bonchev–Trinajstić information content (AvgIpc) is 2.60. The van der Waals surface area contributed by atoms with Gasteiger partial charge in [-0.25, -0.2) is 0 Å². The summed E-state index contributed by atoms with van der Waals surface area (Å²) in [6.45, 7) is 1.64. The second kappa shape index (κ2) is 5.55. The van der Waals surface area contributed by atoms with E-state index in [0.717, 1.165) is 61.5 Å². The van der Waals surface area contributed by atoms with Crippen LogP contribution in [0.25, 0.3) is 0 Å². The number of rotatable bonds is 2. The van der Waals surface area contributed by atoms with Crippen LogP contribution in [0.2, 0.25) is 0 Å². The molecule has 3 heterocycles. The standard InChI is InChI=1S/C18H22N2O3/c1-22-15-6-5-11-7-9-20-14(16(11)17(15)23-2)10-13-12(18(20)21)4-3-8-19-13/h5-6,12,14H,3-4,7-10H2,1-2H3. The van der Waals surface area contributed by atoms with Crippen LogP contribution >= 0.6 is 0 Å². The lowest BCUT2D eigenvalue weighted by Crippen LogP contribution is -2.51. The van der Waals surface area contributed by atoms with Gasteiger partial charge in [-0.3, -0.25) is 9.79 Å². The first-order valence-corrected chi connectivity index (χ1v) is 8.32. The Bertz CT molecular complexity index is 683. The molecule has 5 nitrogen and oxygen atoms in total. The van der Waals surface area contributed by atoms with Crippen molar-refractivity contribution in [1.29, 1.82) is 0 Å². The molecule has 0 bridgehead atoms. The van der Waals surface area contributed by atoms with Gasteiger partial charge in [0.2, 0.25) is 5.91 Å². The molecule has 1 saturated heterocycles. The Morgan fingerprint density at radius 3 is 2.91 bits per heavy atom. The lowest BCUT2D eigenvalue weighted by Gasteiger charge is -2.45. The van der Waals surface area contributed by atoms with Gasteiger partial charge in [0.15, 0.2) is 11.5 Å². The molecule has 1 aromatic carbocycles. The van der Waals surface area contributed by atoms with Crippen molar-refractivity contribution in [3.05, 3.63) is 23.3 Å². The zero-order chi connectivity index (χ0) is 16.0. The second-order valence-corrected chi connectivity index (χ2v) is 6.44. The molecule has 5 heteroatoms. The largest absolute Gasteiger partial charge is 0.493 e. The van der Waals surface area contributed by atoms with E-state index in [9.17, 15) is 4.79 Å². The Morgan fingerprint density at radius 2 is 2.13 bits per heavy atom. The van der Waals surface area contributed by atoms with Gasteiger partial charge in [0.05, 0.1) is 26.2 Å². The van der Waals surface area contributed by atoms with Crippen LogP contribution in [0.15, 0.2) is 17.1 Å². The number of fused-ring (bicyclic) bond motifs is 4. The predicted molar refractivity (Wildman–Crippen MR) is 87.3 cm³/mol. The van der Waals surface area contributed by atoms with Crippen LogP contribution in [0.1, 0.15) is 36.4 Å². The highest BCUT2D eigenvalue weighted by Crippen LogP contribution is 2.46. The molecule has 3 aliphatic heterocycles. The van der Waals surface area contributed by atoms with Gasteiger partial charge >= 0.3 is 0 Å². The van der Waals surface area contributed by atoms with Gasteiger partial charge in [0.1, 0.15) is 0 Å². The third-order valence-corrected chi connectivity index (χ3v) is 5.36. The number of piperidine rings is 1. The highest BCUT2D eigenvalue weighted by Gasteiger charge is 2.44. The molecule has 2 unspecified atom stereocenters. The van der Waals surface area contributed by atoms with Gasteiger partial charge in [-0.15, -0.1) is 0 Å². The molecule has 0 radical (unpaired) electrons. The summed E-state index contributed by atoms with van der Waals surface area (Å²) in [7, 11) is 3.32. The highest BCUT2D eigenvalue weighted by atomic mass is 16.5. The Kier molecular flexibility index (Phi) is 3.51. The summed E-state index contributed by atoms with van der Waals surface area (Å²) in [6, 6.07) is 4.09. The van der Waals surface area contributed by atoms with E-state index in [0.29, 0.717) is 0 Å². The first-order chi connectivity index (χ1) is 11.2. The molecule has 1 fully saturated rings. The fourth-order valence-corrected chi connectivity index (χ4v) is 4.27. The summed E-state index contributed by atoms with van der Waals surface area (Å²) in [6.07, 6.45) is 3.67. The monoisotopic (exact) mass is 314 g/mol. The Balaban J connectivity index is 1.82. The second-order valence-electron chi connectivity index (χ2n) is 6.44. The number of nitrogens with zero attached hydrogens (tertiary/aromatic N) is 2. The summed E-state index contributed by atoms with van der Waals surface area (Å²) >= 11 is 0. The summed E-state index contributed by atoms with van der Waals surface area (Å²) in [5, 5.41) is 0. The minimum Gasteiger partial charge on any atom is -0.493 e. The van der Waals surface area contributed by atoms with Crippen LogP contribution in [0, 0.1) is 5.92 Å². The van der Waals surface area contributed by atoms with Gasteiger partial charge in [-0.05, 0) is 30.9 Å². The minimum atomic E-state index is 0.0122. The van der Waals surface area contributed by atoms with Crippen molar-refractivity contribution in [3.63, 3.8) is 0 Å². The number of benzene rings is 1. The lowest BCUT2D eigenvalue weighted by molar-refractivity contribution is -0.138. The van der Waals surface area contributed by atoms with E-state index in [2.05, 4.69) is 11.1 Å². The molecule has 2 atom stereocenters. The number of hydrogen-bond donors (Lipinski definition) is 0. The first-order valence-electron chi connectivity index (χ1n) is 8.32. The Hall–Kier alpha value is -2.04. The van der Waals surface area contributed by atoms with E-state index in [1.54, 1.807) is 14.2 Å². The van der Waals surface area contributed by atoms with Crippen molar-refractivity contribution in [2.75, 3.05) is 27.3 Å². The fourth-order valence-electron chi connectivity index (χ4n) is 4.27. The molecule has 0 saturated carbocycles.